The van der Waals surface area contributed by atoms with Crippen molar-refractivity contribution in [3.63, 3.8) is 0 Å². The van der Waals surface area contributed by atoms with Crippen LogP contribution >= 0.6 is 0 Å². The molecule has 2 aromatic heterocycles. The van der Waals surface area contributed by atoms with Gasteiger partial charge in [0.1, 0.15) is 12.0 Å². The van der Waals surface area contributed by atoms with Crippen LogP contribution in [0.3, 0.4) is 0 Å². The fraction of sp³-hybridized carbons (Fsp3) is 0. The number of carbonyl (C=O) groups excluding carboxylic acids is 1. The minimum atomic E-state index is -0.745. The number of anilines is 2. The molecule has 2 aromatic rings. The minimum Gasteiger partial charge on any atom is -0.378 e. The first-order valence-electron chi connectivity index (χ1n) is 5.32. The summed E-state index contributed by atoms with van der Waals surface area (Å²) in [6.07, 6.45) is 2.48. The van der Waals surface area contributed by atoms with Crippen LogP contribution in [0.4, 0.5) is 17.3 Å². The van der Waals surface area contributed by atoms with Gasteiger partial charge in [-0.05, 0) is 12.1 Å². The van der Waals surface area contributed by atoms with E-state index in [0.29, 0.717) is 0 Å². The summed E-state index contributed by atoms with van der Waals surface area (Å²) in [5.41, 5.74) is 9.56. The first-order valence-corrected chi connectivity index (χ1v) is 5.32. The van der Waals surface area contributed by atoms with Gasteiger partial charge in [0.05, 0.1) is 4.92 Å². The molecule has 0 radical (unpaired) electrons. The van der Waals surface area contributed by atoms with Gasteiger partial charge in [0, 0.05) is 6.20 Å². The second-order valence-electron chi connectivity index (χ2n) is 3.51. The SMILES string of the molecule is Nc1ncnc(NNC(=O)c2ccccn2)c1[N+](=O)[O-]. The third-order valence-corrected chi connectivity index (χ3v) is 2.23. The van der Waals surface area contributed by atoms with E-state index in [4.69, 9.17) is 5.73 Å². The maximum atomic E-state index is 11.7. The third-order valence-electron chi connectivity index (χ3n) is 2.23. The van der Waals surface area contributed by atoms with Crippen molar-refractivity contribution >= 4 is 23.2 Å². The average Bonchev–Trinajstić information content (AvgIpc) is 2.45. The van der Waals surface area contributed by atoms with Crippen LogP contribution in [0.1, 0.15) is 10.5 Å². The molecule has 10 heteroatoms. The van der Waals surface area contributed by atoms with E-state index in [2.05, 4.69) is 25.8 Å². The highest BCUT2D eigenvalue weighted by Gasteiger charge is 2.21. The van der Waals surface area contributed by atoms with E-state index in [1.165, 1.54) is 12.3 Å². The van der Waals surface area contributed by atoms with Crippen LogP contribution < -0.4 is 16.6 Å². The Balaban J connectivity index is 2.14. The molecule has 0 aliphatic rings. The first kappa shape index (κ1) is 13.1. The molecule has 1 amide bonds. The molecular formula is C10H9N7O3. The lowest BCUT2D eigenvalue weighted by atomic mass is 10.3. The van der Waals surface area contributed by atoms with Gasteiger partial charge >= 0.3 is 5.69 Å². The molecule has 0 saturated heterocycles. The summed E-state index contributed by atoms with van der Waals surface area (Å²) >= 11 is 0. The van der Waals surface area contributed by atoms with Gasteiger partial charge in [-0.2, -0.15) is 0 Å². The number of nitrogen functional groups attached to an aromatic ring is 1. The predicted octanol–water partition coefficient (Wildman–Crippen LogP) is 0.119. The first-order chi connectivity index (χ1) is 9.59. The zero-order chi connectivity index (χ0) is 14.5. The molecule has 0 atom stereocenters. The van der Waals surface area contributed by atoms with Crippen molar-refractivity contribution in [1.29, 1.82) is 0 Å². The average molecular weight is 275 g/mol. The summed E-state index contributed by atoms with van der Waals surface area (Å²) in [7, 11) is 0. The summed E-state index contributed by atoms with van der Waals surface area (Å²) in [4.78, 5) is 32.8. The molecule has 20 heavy (non-hydrogen) atoms. The molecule has 0 aromatic carbocycles. The Morgan fingerprint density at radius 1 is 1.30 bits per heavy atom. The Bertz CT molecular complexity index is 647. The molecule has 2 rings (SSSR count). The second kappa shape index (κ2) is 5.56. The largest absolute Gasteiger partial charge is 0.378 e. The molecule has 0 spiro atoms. The van der Waals surface area contributed by atoms with E-state index < -0.39 is 16.5 Å². The molecule has 2 heterocycles. The van der Waals surface area contributed by atoms with Crippen LogP contribution in [-0.4, -0.2) is 25.8 Å². The number of nitro groups is 1. The Kier molecular flexibility index (Phi) is 3.65. The summed E-state index contributed by atoms with van der Waals surface area (Å²) in [5, 5.41) is 10.8. The molecule has 0 unspecified atom stereocenters. The summed E-state index contributed by atoms with van der Waals surface area (Å²) < 4.78 is 0. The van der Waals surface area contributed by atoms with Crippen LogP contribution in [0.5, 0.6) is 0 Å². The summed E-state index contributed by atoms with van der Waals surface area (Å²) in [6, 6.07) is 4.77. The van der Waals surface area contributed by atoms with E-state index in [1.54, 1.807) is 12.1 Å². The van der Waals surface area contributed by atoms with Gasteiger partial charge in [0.15, 0.2) is 0 Å². The van der Waals surface area contributed by atoms with Crippen LogP contribution in [0.2, 0.25) is 0 Å². The maximum Gasteiger partial charge on any atom is 0.354 e. The van der Waals surface area contributed by atoms with Crippen molar-refractivity contribution in [2.45, 2.75) is 0 Å². The van der Waals surface area contributed by atoms with Crippen molar-refractivity contribution < 1.29 is 9.72 Å². The number of hydrazine groups is 1. The number of hydrogen-bond acceptors (Lipinski definition) is 8. The zero-order valence-corrected chi connectivity index (χ0v) is 9.98. The highest BCUT2D eigenvalue weighted by atomic mass is 16.6. The van der Waals surface area contributed by atoms with Gasteiger partial charge in [0.2, 0.25) is 11.6 Å². The van der Waals surface area contributed by atoms with E-state index >= 15 is 0 Å². The minimum absolute atomic E-state index is 0.143. The fourth-order valence-electron chi connectivity index (χ4n) is 1.34. The molecule has 0 bridgehead atoms. The third kappa shape index (κ3) is 2.75. The summed E-state index contributed by atoms with van der Waals surface area (Å²) in [6.45, 7) is 0. The lowest BCUT2D eigenvalue weighted by Gasteiger charge is -2.07. The monoisotopic (exact) mass is 275 g/mol. The standard InChI is InChI=1S/C10H9N7O3/c11-8-7(17(19)20)9(14-5-13-8)15-16-10(18)6-3-1-2-4-12-6/h1-5H,(H,16,18)(H3,11,13,14,15). The van der Waals surface area contributed by atoms with Crippen molar-refractivity contribution in [2.24, 2.45) is 0 Å². The molecule has 0 aliphatic carbocycles. The van der Waals surface area contributed by atoms with Crippen molar-refractivity contribution in [3.8, 4) is 0 Å². The van der Waals surface area contributed by atoms with Crippen molar-refractivity contribution in [3.05, 3.63) is 46.5 Å². The maximum absolute atomic E-state index is 11.7. The van der Waals surface area contributed by atoms with Gasteiger partial charge < -0.3 is 5.73 Å². The predicted molar refractivity (Wildman–Crippen MR) is 68.4 cm³/mol. The van der Waals surface area contributed by atoms with Crippen molar-refractivity contribution in [2.75, 3.05) is 11.2 Å². The molecule has 10 nitrogen and oxygen atoms in total. The second-order valence-corrected chi connectivity index (χ2v) is 3.51. The molecule has 4 N–H and O–H groups in total. The topological polar surface area (TPSA) is 149 Å². The number of nitrogens with one attached hydrogen (secondary N) is 2. The van der Waals surface area contributed by atoms with E-state index in [-0.39, 0.29) is 17.3 Å². The smallest absolute Gasteiger partial charge is 0.354 e. The number of nitrogens with zero attached hydrogens (tertiary/aromatic N) is 4. The Morgan fingerprint density at radius 2 is 2.10 bits per heavy atom. The Morgan fingerprint density at radius 3 is 2.75 bits per heavy atom. The number of hydrogen-bond donors (Lipinski definition) is 3. The Hall–Kier alpha value is -3.30. The van der Waals surface area contributed by atoms with Gasteiger partial charge in [-0.25, -0.2) is 9.97 Å². The number of carbonyl (C=O) groups is 1. The van der Waals surface area contributed by atoms with Crippen LogP contribution in [-0.2, 0) is 0 Å². The Labute approximate surface area is 112 Å². The zero-order valence-electron chi connectivity index (χ0n) is 9.98. The van der Waals surface area contributed by atoms with E-state index in [9.17, 15) is 14.9 Å². The highest BCUT2D eigenvalue weighted by molar-refractivity contribution is 5.93. The van der Waals surface area contributed by atoms with Crippen LogP contribution in [0, 0.1) is 10.1 Å². The number of aromatic nitrogens is 3. The lowest BCUT2D eigenvalue weighted by molar-refractivity contribution is -0.383. The number of pyridine rings is 1. The normalized spacial score (nSPS) is 9.80. The van der Waals surface area contributed by atoms with E-state index in [1.807, 2.05) is 0 Å². The van der Waals surface area contributed by atoms with Crippen LogP contribution in [0.15, 0.2) is 30.7 Å². The van der Waals surface area contributed by atoms with E-state index in [0.717, 1.165) is 6.33 Å². The van der Waals surface area contributed by atoms with Crippen molar-refractivity contribution in [1.82, 2.24) is 20.4 Å². The van der Waals surface area contributed by atoms with Gasteiger partial charge in [0.25, 0.3) is 5.91 Å². The fourth-order valence-corrected chi connectivity index (χ4v) is 1.34. The number of amides is 1. The molecule has 0 fully saturated rings. The quantitative estimate of drug-likeness (QED) is 0.526. The lowest BCUT2D eigenvalue weighted by Crippen LogP contribution is -2.31. The molecule has 102 valence electrons. The number of rotatable bonds is 4. The number of nitrogens with two attached hydrogens (primary N) is 1. The highest BCUT2D eigenvalue weighted by Crippen LogP contribution is 2.25. The van der Waals surface area contributed by atoms with Gasteiger partial charge in [-0.3, -0.25) is 30.7 Å². The molecule has 0 saturated carbocycles. The summed E-state index contributed by atoms with van der Waals surface area (Å²) in [5.74, 6) is -1.09. The van der Waals surface area contributed by atoms with Gasteiger partial charge in [-0.15, -0.1) is 0 Å². The van der Waals surface area contributed by atoms with Crippen LogP contribution in [0.25, 0.3) is 0 Å². The molecular weight excluding hydrogens is 266 g/mol. The van der Waals surface area contributed by atoms with Gasteiger partial charge in [-0.1, -0.05) is 6.07 Å². The molecule has 0 aliphatic heterocycles.